The molecule has 0 radical (unpaired) electrons. The van der Waals surface area contributed by atoms with E-state index in [1.807, 2.05) is 5.38 Å². The Hall–Kier alpha value is -2.41. The molecule has 0 aliphatic carbocycles. The van der Waals surface area contributed by atoms with Gasteiger partial charge in [-0.3, -0.25) is 0 Å². The standard InChI is InChI=1S/C14H15N3O3S/c18-13(19)11-3-1-10(2-4-11)9-17-14(20)16-6-5-12-15-7-8-21-12/h1-4,7-8H,5-6,9H2,(H,18,19)(H2,16,17,20). The van der Waals surface area contributed by atoms with Gasteiger partial charge in [-0.25, -0.2) is 14.6 Å². The lowest BCUT2D eigenvalue weighted by Crippen LogP contribution is -2.36. The third-order valence-corrected chi connectivity index (χ3v) is 3.60. The molecule has 0 bridgehead atoms. The van der Waals surface area contributed by atoms with Crippen LogP contribution in [-0.4, -0.2) is 28.6 Å². The molecule has 2 rings (SSSR count). The number of hydrogen-bond acceptors (Lipinski definition) is 4. The van der Waals surface area contributed by atoms with Crippen LogP contribution < -0.4 is 10.6 Å². The molecule has 110 valence electrons. The van der Waals surface area contributed by atoms with Crippen LogP contribution in [0.2, 0.25) is 0 Å². The van der Waals surface area contributed by atoms with Crippen LogP contribution in [0.25, 0.3) is 0 Å². The Kier molecular flexibility index (Phi) is 5.28. The predicted molar refractivity (Wildman–Crippen MR) is 79.5 cm³/mol. The molecular weight excluding hydrogens is 290 g/mol. The van der Waals surface area contributed by atoms with Gasteiger partial charge in [0.05, 0.1) is 10.6 Å². The molecule has 6 nitrogen and oxygen atoms in total. The number of carboxylic acids is 1. The van der Waals surface area contributed by atoms with Gasteiger partial charge in [-0.1, -0.05) is 12.1 Å². The first-order chi connectivity index (χ1) is 10.1. The van der Waals surface area contributed by atoms with Crippen LogP contribution in [0.5, 0.6) is 0 Å². The number of carbonyl (C=O) groups excluding carboxylic acids is 1. The molecule has 1 aromatic heterocycles. The molecule has 0 atom stereocenters. The summed E-state index contributed by atoms with van der Waals surface area (Å²) >= 11 is 1.56. The van der Waals surface area contributed by atoms with E-state index in [0.717, 1.165) is 10.6 Å². The second-order valence-corrected chi connectivity index (χ2v) is 5.27. The second-order valence-electron chi connectivity index (χ2n) is 4.29. The molecule has 21 heavy (non-hydrogen) atoms. The topological polar surface area (TPSA) is 91.3 Å². The van der Waals surface area contributed by atoms with Crippen molar-refractivity contribution in [2.24, 2.45) is 0 Å². The number of benzene rings is 1. The van der Waals surface area contributed by atoms with Crippen molar-refractivity contribution < 1.29 is 14.7 Å². The van der Waals surface area contributed by atoms with Crippen molar-refractivity contribution in [1.29, 1.82) is 0 Å². The highest BCUT2D eigenvalue weighted by Crippen LogP contribution is 2.04. The summed E-state index contributed by atoms with van der Waals surface area (Å²) in [7, 11) is 0. The summed E-state index contributed by atoms with van der Waals surface area (Å²) in [5, 5.41) is 17.1. The second kappa shape index (κ2) is 7.39. The molecule has 1 aromatic carbocycles. The van der Waals surface area contributed by atoms with E-state index in [4.69, 9.17) is 5.11 Å². The van der Waals surface area contributed by atoms with Crippen LogP contribution in [0.15, 0.2) is 35.8 Å². The maximum absolute atomic E-state index is 11.6. The third-order valence-electron chi connectivity index (χ3n) is 2.76. The first kappa shape index (κ1) is 15.0. The van der Waals surface area contributed by atoms with E-state index in [1.54, 1.807) is 29.7 Å². The van der Waals surface area contributed by atoms with Gasteiger partial charge in [-0.2, -0.15) is 0 Å². The number of hydrogen-bond donors (Lipinski definition) is 3. The highest BCUT2D eigenvalue weighted by molar-refractivity contribution is 7.09. The normalized spacial score (nSPS) is 10.1. The lowest BCUT2D eigenvalue weighted by Gasteiger charge is -2.07. The van der Waals surface area contributed by atoms with Gasteiger partial charge in [0.25, 0.3) is 0 Å². The summed E-state index contributed by atoms with van der Waals surface area (Å²) in [4.78, 5) is 26.4. The Morgan fingerprint density at radius 3 is 2.57 bits per heavy atom. The molecule has 0 unspecified atom stereocenters. The number of aromatic nitrogens is 1. The largest absolute Gasteiger partial charge is 0.478 e. The fourth-order valence-electron chi connectivity index (χ4n) is 1.67. The van der Waals surface area contributed by atoms with Gasteiger partial charge >= 0.3 is 12.0 Å². The third kappa shape index (κ3) is 4.88. The first-order valence-electron chi connectivity index (χ1n) is 6.37. The minimum absolute atomic E-state index is 0.228. The SMILES string of the molecule is O=C(NCCc1nccs1)NCc1ccc(C(=O)O)cc1. The van der Waals surface area contributed by atoms with Crippen molar-refractivity contribution in [2.45, 2.75) is 13.0 Å². The van der Waals surface area contributed by atoms with Gasteiger partial charge < -0.3 is 15.7 Å². The van der Waals surface area contributed by atoms with Gasteiger partial charge in [0, 0.05) is 31.1 Å². The van der Waals surface area contributed by atoms with Gasteiger partial charge in [0.2, 0.25) is 0 Å². The number of aromatic carboxylic acids is 1. The average Bonchev–Trinajstić information content (AvgIpc) is 2.99. The van der Waals surface area contributed by atoms with E-state index in [1.165, 1.54) is 12.1 Å². The molecule has 7 heteroatoms. The van der Waals surface area contributed by atoms with Gasteiger partial charge in [-0.15, -0.1) is 11.3 Å². The minimum atomic E-state index is -0.963. The van der Waals surface area contributed by atoms with Crippen LogP contribution in [0, 0.1) is 0 Å². The Bertz CT molecular complexity index is 596. The molecular formula is C14H15N3O3S. The lowest BCUT2D eigenvalue weighted by atomic mass is 10.1. The predicted octanol–water partition coefficient (Wildman–Crippen LogP) is 1.88. The van der Waals surface area contributed by atoms with Crippen molar-refractivity contribution in [3.05, 3.63) is 52.0 Å². The molecule has 0 saturated carbocycles. The van der Waals surface area contributed by atoms with Gasteiger partial charge in [0.15, 0.2) is 0 Å². The number of thiazole rings is 1. The van der Waals surface area contributed by atoms with Crippen molar-refractivity contribution in [3.8, 4) is 0 Å². The van der Waals surface area contributed by atoms with Crippen LogP contribution in [0.3, 0.4) is 0 Å². The van der Waals surface area contributed by atoms with Crippen LogP contribution in [0.4, 0.5) is 4.79 Å². The fraction of sp³-hybridized carbons (Fsp3) is 0.214. The van der Waals surface area contributed by atoms with E-state index in [0.29, 0.717) is 19.5 Å². The molecule has 0 aliphatic heterocycles. The number of urea groups is 1. The zero-order chi connectivity index (χ0) is 15.1. The van der Waals surface area contributed by atoms with E-state index < -0.39 is 5.97 Å². The molecule has 2 amide bonds. The number of rotatable bonds is 6. The van der Waals surface area contributed by atoms with Crippen LogP contribution in [0.1, 0.15) is 20.9 Å². The maximum atomic E-state index is 11.6. The van der Waals surface area contributed by atoms with Crippen molar-refractivity contribution in [3.63, 3.8) is 0 Å². The first-order valence-corrected chi connectivity index (χ1v) is 7.25. The van der Waals surface area contributed by atoms with Crippen molar-refractivity contribution in [1.82, 2.24) is 15.6 Å². The summed E-state index contributed by atoms with van der Waals surface area (Å²) in [6.45, 7) is 0.875. The summed E-state index contributed by atoms with van der Waals surface area (Å²) in [5.74, 6) is -0.963. The summed E-state index contributed by atoms with van der Waals surface area (Å²) in [5.41, 5.74) is 1.07. The average molecular weight is 305 g/mol. The van der Waals surface area contributed by atoms with Gasteiger partial charge in [0.1, 0.15) is 0 Å². The monoisotopic (exact) mass is 305 g/mol. The zero-order valence-corrected chi connectivity index (χ0v) is 12.0. The van der Waals surface area contributed by atoms with Crippen LogP contribution >= 0.6 is 11.3 Å². The summed E-state index contributed by atoms with van der Waals surface area (Å²) in [6, 6.07) is 6.13. The number of nitrogens with zero attached hydrogens (tertiary/aromatic N) is 1. The van der Waals surface area contributed by atoms with E-state index in [-0.39, 0.29) is 11.6 Å². The Morgan fingerprint density at radius 1 is 1.19 bits per heavy atom. The van der Waals surface area contributed by atoms with Gasteiger partial charge in [-0.05, 0) is 17.7 Å². The van der Waals surface area contributed by atoms with Crippen LogP contribution in [-0.2, 0) is 13.0 Å². The quantitative estimate of drug-likeness (QED) is 0.760. The number of carbonyl (C=O) groups is 2. The summed E-state index contributed by atoms with van der Waals surface area (Å²) in [6.07, 6.45) is 2.44. The number of carboxylic acid groups (broad SMARTS) is 1. The molecule has 0 spiro atoms. The highest BCUT2D eigenvalue weighted by atomic mass is 32.1. The molecule has 3 N–H and O–H groups in total. The Labute approximate surface area is 125 Å². The summed E-state index contributed by atoms with van der Waals surface area (Å²) < 4.78 is 0. The smallest absolute Gasteiger partial charge is 0.335 e. The number of amides is 2. The lowest BCUT2D eigenvalue weighted by molar-refractivity contribution is 0.0697. The van der Waals surface area contributed by atoms with E-state index in [2.05, 4.69) is 15.6 Å². The highest BCUT2D eigenvalue weighted by Gasteiger charge is 2.04. The van der Waals surface area contributed by atoms with E-state index in [9.17, 15) is 9.59 Å². The molecule has 0 fully saturated rings. The molecule has 0 saturated heterocycles. The Morgan fingerprint density at radius 2 is 1.95 bits per heavy atom. The zero-order valence-electron chi connectivity index (χ0n) is 11.2. The van der Waals surface area contributed by atoms with E-state index >= 15 is 0 Å². The van der Waals surface area contributed by atoms with Crippen molar-refractivity contribution >= 4 is 23.3 Å². The molecule has 1 heterocycles. The minimum Gasteiger partial charge on any atom is -0.478 e. The van der Waals surface area contributed by atoms with Crippen molar-refractivity contribution in [2.75, 3.05) is 6.54 Å². The molecule has 2 aromatic rings. The fourth-order valence-corrected chi connectivity index (χ4v) is 2.29. The molecule has 0 aliphatic rings. The Balaban J connectivity index is 1.69. The number of nitrogens with one attached hydrogen (secondary N) is 2. The maximum Gasteiger partial charge on any atom is 0.335 e.